The topological polar surface area (TPSA) is 25.8 Å². The first kappa shape index (κ1) is 31.1. The molecule has 0 radical (unpaired) electrons. The summed E-state index contributed by atoms with van der Waals surface area (Å²) < 4.78 is 0. The van der Waals surface area contributed by atoms with Crippen LogP contribution in [0, 0.1) is 5.92 Å². The van der Waals surface area contributed by atoms with Crippen molar-refractivity contribution in [3.8, 4) is 33.8 Å². The van der Waals surface area contributed by atoms with Crippen LogP contribution in [0.2, 0.25) is 0 Å². The summed E-state index contributed by atoms with van der Waals surface area (Å²) in [5.41, 5.74) is 13.1. The zero-order valence-corrected chi connectivity index (χ0v) is 29.2. The Morgan fingerprint density at radius 3 is 2.04 bits per heavy atom. The van der Waals surface area contributed by atoms with Crippen molar-refractivity contribution in [3.63, 3.8) is 0 Å². The maximum Gasteiger partial charge on any atom is 0.160 e. The Bertz CT molecular complexity index is 2530. The highest BCUT2D eigenvalue weighted by Gasteiger charge is 2.26. The van der Waals surface area contributed by atoms with Crippen molar-refractivity contribution in [3.05, 3.63) is 174 Å². The van der Waals surface area contributed by atoms with Crippen molar-refractivity contribution in [1.82, 2.24) is 9.97 Å². The minimum atomic E-state index is 0.437. The van der Waals surface area contributed by atoms with Gasteiger partial charge in [-0.05, 0) is 104 Å². The van der Waals surface area contributed by atoms with Crippen LogP contribution in [-0.4, -0.2) is 9.97 Å². The van der Waals surface area contributed by atoms with Gasteiger partial charge in [0.05, 0.1) is 11.4 Å². The molecule has 0 bridgehead atoms. The highest BCUT2D eigenvalue weighted by atomic mass is 14.9. The van der Waals surface area contributed by atoms with Crippen LogP contribution in [0.1, 0.15) is 61.4 Å². The second-order valence-electron chi connectivity index (χ2n) is 14.1. The summed E-state index contributed by atoms with van der Waals surface area (Å²) in [7, 11) is 0. The molecule has 0 aliphatic heterocycles. The molecule has 0 saturated carbocycles. The van der Waals surface area contributed by atoms with Crippen LogP contribution in [0.4, 0.5) is 0 Å². The molecule has 9 rings (SSSR count). The largest absolute Gasteiger partial charge is 0.228 e. The Morgan fingerprint density at radius 1 is 0.608 bits per heavy atom. The maximum absolute atomic E-state index is 5.19. The van der Waals surface area contributed by atoms with Gasteiger partial charge >= 0.3 is 0 Å². The molecule has 1 aromatic heterocycles. The molecule has 2 unspecified atom stereocenters. The summed E-state index contributed by atoms with van der Waals surface area (Å²) >= 11 is 0. The average Bonchev–Trinajstić information content (AvgIpc) is 3.20. The number of allylic oxidation sites excluding steroid dienone is 5. The molecule has 51 heavy (non-hydrogen) atoms. The van der Waals surface area contributed by atoms with Crippen molar-refractivity contribution in [2.45, 2.75) is 39.0 Å². The normalized spacial score (nSPS) is 16.9. The first-order chi connectivity index (χ1) is 25.1. The zero-order chi connectivity index (χ0) is 34.3. The van der Waals surface area contributed by atoms with Gasteiger partial charge in [-0.25, -0.2) is 9.97 Å². The molecule has 0 N–H and O–H groups in total. The van der Waals surface area contributed by atoms with Crippen LogP contribution < -0.4 is 0 Å². The Hall–Kier alpha value is -5.86. The van der Waals surface area contributed by atoms with Gasteiger partial charge in [0.25, 0.3) is 0 Å². The summed E-state index contributed by atoms with van der Waals surface area (Å²) in [6, 6.07) is 48.2. The van der Waals surface area contributed by atoms with Gasteiger partial charge in [0.15, 0.2) is 5.82 Å². The Kier molecular flexibility index (Phi) is 8.01. The molecule has 0 spiro atoms. The third kappa shape index (κ3) is 5.71. The lowest BCUT2D eigenvalue weighted by Gasteiger charge is -2.29. The quantitative estimate of drug-likeness (QED) is 0.167. The van der Waals surface area contributed by atoms with Gasteiger partial charge in [0, 0.05) is 11.1 Å². The van der Waals surface area contributed by atoms with E-state index in [0.717, 1.165) is 53.2 Å². The minimum absolute atomic E-state index is 0.437. The van der Waals surface area contributed by atoms with Crippen molar-refractivity contribution in [1.29, 1.82) is 0 Å². The van der Waals surface area contributed by atoms with Crippen molar-refractivity contribution in [2.75, 3.05) is 0 Å². The number of hydrogen-bond acceptors (Lipinski definition) is 2. The van der Waals surface area contributed by atoms with Gasteiger partial charge in [0.2, 0.25) is 0 Å². The zero-order valence-electron chi connectivity index (χ0n) is 29.2. The van der Waals surface area contributed by atoms with Gasteiger partial charge in [-0.3, -0.25) is 0 Å². The van der Waals surface area contributed by atoms with E-state index in [1.165, 1.54) is 54.9 Å². The van der Waals surface area contributed by atoms with Crippen LogP contribution in [0.15, 0.2) is 152 Å². The van der Waals surface area contributed by atoms with E-state index in [1.807, 2.05) is 0 Å². The predicted molar refractivity (Wildman–Crippen MR) is 216 cm³/mol. The summed E-state index contributed by atoms with van der Waals surface area (Å²) in [5.74, 6) is 1.66. The summed E-state index contributed by atoms with van der Waals surface area (Å²) in [5, 5.41) is 5.41. The Labute approximate surface area is 300 Å². The van der Waals surface area contributed by atoms with Crippen LogP contribution in [-0.2, 0) is 0 Å². The van der Waals surface area contributed by atoms with Crippen LogP contribution >= 0.6 is 0 Å². The molecular formula is C49H40N2. The molecule has 2 nitrogen and oxygen atoms in total. The monoisotopic (exact) mass is 656 g/mol. The fourth-order valence-electron chi connectivity index (χ4n) is 8.26. The van der Waals surface area contributed by atoms with Crippen molar-refractivity contribution >= 4 is 38.8 Å². The summed E-state index contributed by atoms with van der Waals surface area (Å²) in [6.07, 6.45) is 12.4. The van der Waals surface area contributed by atoms with E-state index in [2.05, 4.69) is 172 Å². The third-order valence-electron chi connectivity index (χ3n) is 10.8. The van der Waals surface area contributed by atoms with Gasteiger partial charge in [-0.15, -0.1) is 0 Å². The smallest absolute Gasteiger partial charge is 0.160 e. The lowest BCUT2D eigenvalue weighted by atomic mass is 9.75. The van der Waals surface area contributed by atoms with Gasteiger partial charge < -0.3 is 0 Å². The molecule has 0 saturated heterocycles. The number of hydrogen-bond donors (Lipinski definition) is 0. The highest BCUT2D eigenvalue weighted by Crippen LogP contribution is 2.48. The molecule has 2 heteroatoms. The molecule has 0 fully saturated rings. The lowest BCUT2D eigenvalue weighted by molar-refractivity contribution is 0.683. The summed E-state index contributed by atoms with van der Waals surface area (Å²) in [4.78, 5) is 10.4. The fourth-order valence-corrected chi connectivity index (χ4v) is 8.26. The van der Waals surface area contributed by atoms with Crippen molar-refractivity contribution in [2.24, 2.45) is 5.92 Å². The number of rotatable bonds is 6. The van der Waals surface area contributed by atoms with Crippen molar-refractivity contribution < 1.29 is 0 Å². The van der Waals surface area contributed by atoms with E-state index >= 15 is 0 Å². The standard InChI is InChI=1S/C49H40N2/c1-3-33-28-38(30-45-43-25-10-9-23-41(43)42-24-11-12-26-44(42)48(33)45)40-22-8-7-21-39(40)35-18-14-20-37(29-35)49-50-46(34-16-5-4-6-17-34)31-47(51-49)36-19-13-15-32(2)27-36/h4-14,16-27,29-33H,3,15,28H2,1-2H3. The molecule has 6 aromatic carbocycles. The molecule has 2 atom stereocenters. The molecule has 2 aliphatic rings. The summed E-state index contributed by atoms with van der Waals surface area (Å²) in [6.45, 7) is 4.60. The molecule has 0 amide bonds. The highest BCUT2D eigenvalue weighted by molar-refractivity contribution is 6.15. The molecule has 7 aromatic rings. The minimum Gasteiger partial charge on any atom is -0.228 e. The van der Waals surface area contributed by atoms with E-state index < -0.39 is 0 Å². The Balaban J connectivity index is 1.18. The fraction of sp³-hybridized carbons (Fsp3) is 0.143. The van der Waals surface area contributed by atoms with E-state index in [-0.39, 0.29) is 0 Å². The van der Waals surface area contributed by atoms with E-state index in [1.54, 1.807) is 0 Å². The number of benzene rings is 6. The van der Waals surface area contributed by atoms with Crippen LogP contribution in [0.5, 0.6) is 0 Å². The first-order valence-corrected chi connectivity index (χ1v) is 18.3. The molecular weight excluding hydrogens is 617 g/mol. The number of nitrogens with zero attached hydrogens (tertiary/aromatic N) is 2. The average molecular weight is 657 g/mol. The third-order valence-corrected chi connectivity index (χ3v) is 10.8. The second kappa shape index (κ2) is 13.1. The predicted octanol–water partition coefficient (Wildman–Crippen LogP) is 13.2. The molecule has 2 aliphatic carbocycles. The first-order valence-electron chi connectivity index (χ1n) is 18.3. The van der Waals surface area contributed by atoms with Gasteiger partial charge in [-0.2, -0.15) is 0 Å². The SMILES string of the molecule is CCC1CC(c2ccccc2-c2cccc(-c3nc(C4=CC(C)CC=C4)cc(-c4ccccc4)n3)c2)=Cc2c1c1ccccc1c1ccccc21. The molecule has 1 heterocycles. The van der Waals surface area contributed by atoms with E-state index in [0.29, 0.717) is 11.8 Å². The van der Waals surface area contributed by atoms with E-state index in [9.17, 15) is 0 Å². The van der Waals surface area contributed by atoms with Gasteiger partial charge in [0.1, 0.15) is 0 Å². The second-order valence-corrected chi connectivity index (χ2v) is 14.1. The number of fused-ring (bicyclic) bond motifs is 6. The number of aromatic nitrogens is 2. The van der Waals surface area contributed by atoms with Gasteiger partial charge in [-0.1, -0.05) is 159 Å². The molecule has 246 valence electrons. The maximum atomic E-state index is 5.19. The van der Waals surface area contributed by atoms with Crippen LogP contribution in [0.25, 0.3) is 72.5 Å². The Morgan fingerprint density at radius 2 is 1.25 bits per heavy atom. The van der Waals surface area contributed by atoms with E-state index in [4.69, 9.17) is 9.97 Å². The lowest BCUT2D eigenvalue weighted by Crippen LogP contribution is -2.09. The van der Waals surface area contributed by atoms with Crippen LogP contribution in [0.3, 0.4) is 0 Å².